The SMILES string of the molecule is CCc1ncnc(N[C@@H](CC)c2ccccn2)c1F. The van der Waals surface area contributed by atoms with Crippen molar-refractivity contribution in [3.63, 3.8) is 0 Å². The summed E-state index contributed by atoms with van der Waals surface area (Å²) in [4.78, 5) is 12.2. The maximum Gasteiger partial charge on any atom is 0.186 e. The molecule has 0 radical (unpaired) electrons. The van der Waals surface area contributed by atoms with Gasteiger partial charge in [-0.2, -0.15) is 0 Å². The van der Waals surface area contributed by atoms with Gasteiger partial charge < -0.3 is 5.32 Å². The Hall–Kier alpha value is -2.04. The van der Waals surface area contributed by atoms with E-state index in [1.54, 1.807) is 6.20 Å². The van der Waals surface area contributed by atoms with E-state index in [-0.39, 0.29) is 17.7 Å². The number of pyridine rings is 1. The van der Waals surface area contributed by atoms with Gasteiger partial charge in [0.15, 0.2) is 11.6 Å². The zero-order valence-corrected chi connectivity index (χ0v) is 11.1. The van der Waals surface area contributed by atoms with E-state index in [0.717, 1.165) is 12.1 Å². The largest absolute Gasteiger partial charge is 0.359 e. The summed E-state index contributed by atoms with van der Waals surface area (Å²) in [5, 5.41) is 3.10. The zero-order chi connectivity index (χ0) is 13.7. The second-order valence-electron chi connectivity index (χ2n) is 4.20. The number of hydrogen-bond donors (Lipinski definition) is 1. The van der Waals surface area contributed by atoms with E-state index in [1.165, 1.54) is 6.33 Å². The number of aromatic nitrogens is 3. The third-order valence-corrected chi connectivity index (χ3v) is 2.96. The van der Waals surface area contributed by atoms with Crippen LogP contribution in [0.5, 0.6) is 0 Å². The molecule has 0 aliphatic heterocycles. The number of aryl methyl sites for hydroxylation is 1. The van der Waals surface area contributed by atoms with E-state index in [0.29, 0.717) is 12.1 Å². The van der Waals surface area contributed by atoms with Gasteiger partial charge >= 0.3 is 0 Å². The van der Waals surface area contributed by atoms with Crippen LogP contribution in [0.4, 0.5) is 10.2 Å². The number of nitrogens with zero attached hydrogens (tertiary/aromatic N) is 3. The lowest BCUT2D eigenvalue weighted by Gasteiger charge is -2.17. The molecule has 0 bridgehead atoms. The monoisotopic (exact) mass is 260 g/mol. The summed E-state index contributed by atoms with van der Waals surface area (Å²) in [5.41, 5.74) is 1.30. The fraction of sp³-hybridized carbons (Fsp3) is 0.357. The highest BCUT2D eigenvalue weighted by Gasteiger charge is 2.15. The molecular weight excluding hydrogens is 243 g/mol. The first kappa shape index (κ1) is 13.4. The zero-order valence-electron chi connectivity index (χ0n) is 11.1. The molecule has 0 saturated carbocycles. The Labute approximate surface area is 112 Å². The van der Waals surface area contributed by atoms with Crippen LogP contribution in [-0.4, -0.2) is 15.0 Å². The van der Waals surface area contributed by atoms with Crippen molar-refractivity contribution in [2.24, 2.45) is 0 Å². The first-order valence-electron chi connectivity index (χ1n) is 6.43. The van der Waals surface area contributed by atoms with E-state index in [9.17, 15) is 4.39 Å². The molecule has 0 unspecified atom stereocenters. The Morgan fingerprint density at radius 1 is 1.21 bits per heavy atom. The first-order chi connectivity index (χ1) is 9.26. The van der Waals surface area contributed by atoms with Crippen molar-refractivity contribution in [1.82, 2.24) is 15.0 Å². The molecule has 0 fully saturated rings. The quantitative estimate of drug-likeness (QED) is 0.897. The fourth-order valence-corrected chi connectivity index (χ4v) is 1.89. The van der Waals surface area contributed by atoms with Gasteiger partial charge in [-0.05, 0) is 25.0 Å². The predicted octanol–water partition coefficient (Wildman–Crippen LogP) is 3.14. The minimum absolute atomic E-state index is 0.0599. The summed E-state index contributed by atoms with van der Waals surface area (Å²) in [7, 11) is 0. The molecule has 1 N–H and O–H groups in total. The lowest BCUT2D eigenvalue weighted by atomic mass is 10.1. The van der Waals surface area contributed by atoms with Gasteiger partial charge in [0.1, 0.15) is 6.33 Å². The van der Waals surface area contributed by atoms with E-state index in [1.807, 2.05) is 32.0 Å². The first-order valence-corrected chi connectivity index (χ1v) is 6.43. The highest BCUT2D eigenvalue weighted by atomic mass is 19.1. The second kappa shape index (κ2) is 6.22. The number of rotatable bonds is 5. The minimum Gasteiger partial charge on any atom is -0.359 e. The van der Waals surface area contributed by atoms with Gasteiger partial charge in [-0.25, -0.2) is 14.4 Å². The Balaban J connectivity index is 2.24. The van der Waals surface area contributed by atoms with Gasteiger partial charge in [0.25, 0.3) is 0 Å². The summed E-state index contributed by atoms with van der Waals surface area (Å²) >= 11 is 0. The summed E-state index contributed by atoms with van der Waals surface area (Å²) in [6.07, 6.45) is 4.45. The molecule has 0 amide bonds. The molecule has 5 heteroatoms. The van der Waals surface area contributed by atoms with Gasteiger partial charge in [0.05, 0.1) is 17.4 Å². The summed E-state index contributed by atoms with van der Waals surface area (Å²) < 4.78 is 14.1. The van der Waals surface area contributed by atoms with Crippen molar-refractivity contribution in [3.05, 3.63) is 47.9 Å². The average molecular weight is 260 g/mol. The summed E-state index contributed by atoms with van der Waals surface area (Å²) in [6.45, 7) is 3.89. The Bertz CT molecular complexity index is 530. The molecule has 0 saturated heterocycles. The van der Waals surface area contributed by atoms with E-state index in [2.05, 4.69) is 20.3 Å². The Morgan fingerprint density at radius 2 is 2.05 bits per heavy atom. The highest BCUT2D eigenvalue weighted by Crippen LogP contribution is 2.22. The maximum absolute atomic E-state index is 14.1. The highest BCUT2D eigenvalue weighted by molar-refractivity contribution is 5.39. The summed E-state index contributed by atoms with van der Waals surface area (Å²) in [6, 6.07) is 5.63. The molecule has 0 spiro atoms. The van der Waals surface area contributed by atoms with E-state index < -0.39 is 0 Å². The van der Waals surface area contributed by atoms with Crippen molar-refractivity contribution < 1.29 is 4.39 Å². The normalized spacial score (nSPS) is 12.2. The molecule has 2 heterocycles. The molecule has 0 aliphatic rings. The summed E-state index contributed by atoms with van der Waals surface area (Å²) in [5.74, 6) is -0.135. The molecule has 0 aromatic carbocycles. The van der Waals surface area contributed by atoms with Crippen molar-refractivity contribution >= 4 is 5.82 Å². The lowest BCUT2D eigenvalue weighted by Crippen LogP contribution is -2.14. The molecule has 0 aliphatic carbocycles. The third-order valence-electron chi connectivity index (χ3n) is 2.96. The molecule has 4 nitrogen and oxygen atoms in total. The van der Waals surface area contributed by atoms with Crippen LogP contribution in [-0.2, 0) is 6.42 Å². The van der Waals surface area contributed by atoms with Crippen molar-refractivity contribution in [2.75, 3.05) is 5.32 Å². The van der Waals surface area contributed by atoms with E-state index in [4.69, 9.17) is 0 Å². The maximum atomic E-state index is 14.1. The lowest BCUT2D eigenvalue weighted by molar-refractivity contribution is 0.589. The molecule has 2 aromatic heterocycles. The standard InChI is InChI=1S/C14H17FN4/c1-3-10(12-7-5-6-8-16-12)19-14-13(15)11(4-2)17-9-18-14/h5-10H,3-4H2,1-2H3,(H,17,18,19)/t10-/m0/s1. The smallest absolute Gasteiger partial charge is 0.186 e. The van der Waals surface area contributed by atoms with Crippen LogP contribution in [0.1, 0.15) is 37.7 Å². The van der Waals surface area contributed by atoms with Crippen LogP contribution < -0.4 is 5.32 Å². The van der Waals surface area contributed by atoms with Crippen molar-refractivity contribution in [3.8, 4) is 0 Å². The molecule has 19 heavy (non-hydrogen) atoms. The predicted molar refractivity (Wildman–Crippen MR) is 72.3 cm³/mol. The van der Waals surface area contributed by atoms with Crippen molar-refractivity contribution in [2.45, 2.75) is 32.7 Å². The number of nitrogens with one attached hydrogen (secondary N) is 1. The Kier molecular flexibility index (Phi) is 4.39. The van der Waals surface area contributed by atoms with Gasteiger partial charge in [-0.1, -0.05) is 19.9 Å². The van der Waals surface area contributed by atoms with Gasteiger partial charge in [0, 0.05) is 6.20 Å². The molecule has 100 valence electrons. The topological polar surface area (TPSA) is 50.7 Å². The van der Waals surface area contributed by atoms with Crippen LogP contribution in [0.15, 0.2) is 30.7 Å². The van der Waals surface area contributed by atoms with Crippen molar-refractivity contribution in [1.29, 1.82) is 0 Å². The van der Waals surface area contributed by atoms with Crippen LogP contribution in [0, 0.1) is 5.82 Å². The van der Waals surface area contributed by atoms with Crippen LogP contribution in [0.2, 0.25) is 0 Å². The minimum atomic E-state index is -0.376. The van der Waals surface area contributed by atoms with Crippen LogP contribution in [0.25, 0.3) is 0 Å². The van der Waals surface area contributed by atoms with Gasteiger partial charge in [-0.15, -0.1) is 0 Å². The second-order valence-corrected chi connectivity index (χ2v) is 4.20. The average Bonchev–Trinajstić information content (AvgIpc) is 2.47. The fourth-order valence-electron chi connectivity index (χ4n) is 1.89. The molecule has 1 atom stereocenters. The number of hydrogen-bond acceptors (Lipinski definition) is 4. The Morgan fingerprint density at radius 3 is 2.68 bits per heavy atom. The number of halogens is 1. The van der Waals surface area contributed by atoms with Gasteiger partial charge in [-0.3, -0.25) is 4.98 Å². The molecule has 2 aromatic rings. The number of anilines is 1. The van der Waals surface area contributed by atoms with Crippen LogP contribution in [0.3, 0.4) is 0 Å². The third kappa shape index (κ3) is 3.05. The molecular formula is C14H17FN4. The van der Waals surface area contributed by atoms with Crippen LogP contribution >= 0.6 is 0 Å². The van der Waals surface area contributed by atoms with Gasteiger partial charge in [0.2, 0.25) is 0 Å². The molecule has 2 rings (SSSR count). The van der Waals surface area contributed by atoms with E-state index >= 15 is 0 Å².